The fourth-order valence-electron chi connectivity index (χ4n) is 4.21. The van der Waals surface area contributed by atoms with Gasteiger partial charge in [-0.1, -0.05) is 17.8 Å². The van der Waals surface area contributed by atoms with Crippen LogP contribution in [0.15, 0.2) is 41.7 Å². The van der Waals surface area contributed by atoms with Crippen LogP contribution in [0.2, 0.25) is 0 Å². The molecule has 10 heteroatoms. The largest absolute Gasteiger partial charge is 0.397 e. The van der Waals surface area contributed by atoms with Crippen molar-refractivity contribution in [3.8, 4) is 10.7 Å². The first-order chi connectivity index (χ1) is 16.5. The summed E-state index contributed by atoms with van der Waals surface area (Å²) in [4.78, 5) is 18.8. The fourth-order valence-corrected chi connectivity index (χ4v) is 6.02. The molecule has 1 saturated heterocycles. The third-order valence-corrected chi connectivity index (χ3v) is 7.76. The zero-order valence-electron chi connectivity index (χ0n) is 19.1. The number of ether oxygens (including phenoxy) is 1. The topological polar surface area (TPSA) is 108 Å². The lowest BCUT2D eigenvalue weighted by Gasteiger charge is -2.14. The highest BCUT2D eigenvalue weighted by Gasteiger charge is 2.25. The summed E-state index contributed by atoms with van der Waals surface area (Å²) in [6.07, 6.45) is 3.87. The molecule has 1 amide bonds. The summed E-state index contributed by atoms with van der Waals surface area (Å²) in [5.74, 6) is 0.821. The molecule has 1 aromatic carbocycles. The summed E-state index contributed by atoms with van der Waals surface area (Å²) in [5, 5.41) is 13.5. The SMILES string of the molecule is Cc1cc(C)cc(NC(=O)CSc2nnc(-c3sc4ncccc4c3N)n2C[C@H]2CCCO2)c1. The molecule has 0 unspecified atom stereocenters. The highest BCUT2D eigenvalue weighted by molar-refractivity contribution is 7.99. The Hall–Kier alpha value is -2.95. The molecule has 0 bridgehead atoms. The molecule has 34 heavy (non-hydrogen) atoms. The van der Waals surface area contributed by atoms with E-state index in [0.29, 0.717) is 23.2 Å². The number of hydrogen-bond acceptors (Lipinski definition) is 8. The van der Waals surface area contributed by atoms with E-state index in [1.165, 1.54) is 23.1 Å². The maximum atomic E-state index is 12.7. The van der Waals surface area contributed by atoms with Gasteiger partial charge in [-0.2, -0.15) is 0 Å². The van der Waals surface area contributed by atoms with E-state index >= 15 is 0 Å². The zero-order chi connectivity index (χ0) is 23.7. The second-order valence-electron chi connectivity index (χ2n) is 8.47. The van der Waals surface area contributed by atoms with E-state index in [4.69, 9.17) is 10.5 Å². The van der Waals surface area contributed by atoms with Gasteiger partial charge in [0.25, 0.3) is 0 Å². The van der Waals surface area contributed by atoms with Crippen molar-refractivity contribution in [2.45, 2.75) is 44.5 Å². The standard InChI is InChI=1S/C24H26N6O2S2/c1-14-9-15(2)11-16(10-14)27-19(31)13-33-24-29-28-22(30(24)12-17-5-4-8-32-17)21-20(25)18-6-3-7-26-23(18)34-21/h3,6-7,9-11,17H,4-5,8,12-13,25H2,1-2H3,(H,27,31)/t17-/m1/s1. The Morgan fingerprint density at radius 3 is 2.85 bits per heavy atom. The van der Waals surface area contributed by atoms with Gasteiger partial charge in [-0.15, -0.1) is 21.5 Å². The van der Waals surface area contributed by atoms with Crippen molar-refractivity contribution in [1.29, 1.82) is 0 Å². The molecule has 3 N–H and O–H groups in total. The first-order valence-corrected chi connectivity index (χ1v) is 13.0. The summed E-state index contributed by atoms with van der Waals surface area (Å²) in [7, 11) is 0. The number of amides is 1. The third kappa shape index (κ3) is 4.79. The highest BCUT2D eigenvalue weighted by atomic mass is 32.2. The van der Waals surface area contributed by atoms with E-state index in [9.17, 15) is 4.79 Å². The zero-order valence-corrected chi connectivity index (χ0v) is 20.7. The molecular formula is C24H26N6O2S2. The van der Waals surface area contributed by atoms with Gasteiger partial charge in [-0.25, -0.2) is 4.98 Å². The van der Waals surface area contributed by atoms with Crippen LogP contribution < -0.4 is 11.1 Å². The summed E-state index contributed by atoms with van der Waals surface area (Å²) in [6, 6.07) is 9.85. The van der Waals surface area contributed by atoms with Crippen LogP contribution in [-0.2, 0) is 16.1 Å². The number of carbonyl (C=O) groups is 1. The number of rotatable bonds is 7. The van der Waals surface area contributed by atoms with Gasteiger partial charge in [-0.05, 0) is 62.1 Å². The molecular weight excluding hydrogens is 468 g/mol. The molecule has 1 aliphatic rings. The number of anilines is 2. The van der Waals surface area contributed by atoms with E-state index in [1.54, 1.807) is 6.20 Å². The van der Waals surface area contributed by atoms with Crippen molar-refractivity contribution in [1.82, 2.24) is 19.7 Å². The highest BCUT2D eigenvalue weighted by Crippen LogP contribution is 2.40. The number of nitrogens with one attached hydrogen (secondary N) is 1. The number of fused-ring (bicyclic) bond motifs is 1. The Balaban J connectivity index is 1.39. The number of aryl methyl sites for hydroxylation is 2. The van der Waals surface area contributed by atoms with E-state index in [0.717, 1.165) is 51.4 Å². The first-order valence-electron chi connectivity index (χ1n) is 11.2. The maximum absolute atomic E-state index is 12.7. The minimum absolute atomic E-state index is 0.0891. The first kappa shape index (κ1) is 22.8. The summed E-state index contributed by atoms with van der Waals surface area (Å²) >= 11 is 2.87. The number of benzene rings is 1. The molecule has 0 spiro atoms. The van der Waals surface area contributed by atoms with E-state index < -0.39 is 0 Å². The lowest BCUT2D eigenvalue weighted by molar-refractivity contribution is -0.113. The van der Waals surface area contributed by atoms with Gasteiger partial charge in [0.15, 0.2) is 11.0 Å². The number of nitrogen functional groups attached to an aromatic ring is 1. The molecule has 0 radical (unpaired) electrons. The summed E-state index contributed by atoms with van der Waals surface area (Å²) in [5.41, 5.74) is 10.2. The number of thioether (sulfide) groups is 1. The van der Waals surface area contributed by atoms with E-state index in [-0.39, 0.29) is 17.8 Å². The normalized spacial score (nSPS) is 15.8. The predicted molar refractivity (Wildman–Crippen MR) is 137 cm³/mol. The molecule has 1 fully saturated rings. The number of nitrogens with two attached hydrogens (primary N) is 1. The molecule has 0 aliphatic carbocycles. The van der Waals surface area contributed by atoms with E-state index in [1.807, 2.05) is 42.7 Å². The van der Waals surface area contributed by atoms with Crippen LogP contribution in [0.25, 0.3) is 20.9 Å². The summed E-state index contributed by atoms with van der Waals surface area (Å²) in [6.45, 7) is 5.41. The molecule has 8 nitrogen and oxygen atoms in total. The van der Waals surface area contributed by atoms with Crippen LogP contribution in [0.4, 0.5) is 11.4 Å². The van der Waals surface area contributed by atoms with E-state index in [2.05, 4.69) is 26.6 Å². The Morgan fingerprint density at radius 2 is 2.12 bits per heavy atom. The van der Waals surface area contributed by atoms with Crippen molar-refractivity contribution < 1.29 is 9.53 Å². The predicted octanol–water partition coefficient (Wildman–Crippen LogP) is 4.66. The van der Waals surface area contributed by atoms with Gasteiger partial charge in [0.1, 0.15) is 4.83 Å². The number of carbonyl (C=O) groups excluding carboxylic acids is 1. The van der Waals surface area contributed by atoms with Crippen LogP contribution in [0.1, 0.15) is 24.0 Å². The van der Waals surface area contributed by atoms with Crippen molar-refractivity contribution in [2.75, 3.05) is 23.4 Å². The monoisotopic (exact) mass is 494 g/mol. The number of pyridine rings is 1. The minimum Gasteiger partial charge on any atom is -0.397 e. The Labute approximate surface area is 205 Å². The van der Waals surface area contributed by atoms with Gasteiger partial charge < -0.3 is 15.8 Å². The Bertz CT molecular complexity index is 1320. The van der Waals surface area contributed by atoms with Crippen LogP contribution in [0.5, 0.6) is 0 Å². The molecule has 1 aliphatic heterocycles. The van der Waals surface area contributed by atoms with Crippen molar-refractivity contribution in [3.05, 3.63) is 47.7 Å². The maximum Gasteiger partial charge on any atom is 0.234 e. The van der Waals surface area contributed by atoms with Gasteiger partial charge in [0.05, 0.1) is 29.0 Å². The van der Waals surface area contributed by atoms with Crippen molar-refractivity contribution in [2.24, 2.45) is 0 Å². The average molecular weight is 495 g/mol. The molecule has 0 saturated carbocycles. The third-order valence-electron chi connectivity index (χ3n) is 5.67. The molecule has 4 heterocycles. The van der Waals surface area contributed by atoms with Crippen LogP contribution >= 0.6 is 23.1 Å². The van der Waals surface area contributed by atoms with Crippen LogP contribution in [0.3, 0.4) is 0 Å². The van der Waals surface area contributed by atoms with Gasteiger partial charge in [0.2, 0.25) is 5.91 Å². The van der Waals surface area contributed by atoms with Crippen molar-refractivity contribution in [3.63, 3.8) is 0 Å². The van der Waals surface area contributed by atoms with Gasteiger partial charge >= 0.3 is 0 Å². The van der Waals surface area contributed by atoms with Crippen LogP contribution in [-0.4, -0.2) is 44.1 Å². The summed E-state index contributed by atoms with van der Waals surface area (Å²) < 4.78 is 7.92. The Kier molecular flexibility index (Phi) is 6.53. The number of aromatic nitrogens is 4. The molecule has 176 valence electrons. The molecule has 1 atom stereocenters. The smallest absolute Gasteiger partial charge is 0.234 e. The molecule has 5 rings (SSSR count). The molecule has 4 aromatic rings. The number of nitrogens with zero attached hydrogens (tertiary/aromatic N) is 4. The number of thiophene rings is 1. The quantitative estimate of drug-likeness (QED) is 0.360. The van der Waals surface area contributed by atoms with Gasteiger partial charge in [-0.3, -0.25) is 9.36 Å². The van der Waals surface area contributed by atoms with Crippen molar-refractivity contribution >= 4 is 50.6 Å². The number of hydrogen-bond donors (Lipinski definition) is 2. The molecule has 3 aromatic heterocycles. The lowest BCUT2D eigenvalue weighted by atomic mass is 10.1. The van der Waals surface area contributed by atoms with Crippen LogP contribution in [0, 0.1) is 13.8 Å². The lowest BCUT2D eigenvalue weighted by Crippen LogP contribution is -2.18. The fraction of sp³-hybridized carbons (Fsp3) is 0.333. The van der Waals surface area contributed by atoms with Gasteiger partial charge in [0, 0.05) is 23.9 Å². The minimum atomic E-state index is -0.0891. The second kappa shape index (κ2) is 9.73. The average Bonchev–Trinajstić information content (AvgIpc) is 3.52. The second-order valence-corrected chi connectivity index (χ2v) is 10.4. The Morgan fingerprint density at radius 1 is 1.29 bits per heavy atom.